The normalized spacial score (nSPS) is 29.5. The molecule has 2 amide bonds. The minimum absolute atomic E-state index is 0.00947. The highest BCUT2D eigenvalue weighted by Gasteiger charge is 2.67. The molecule has 7 heteroatoms. The number of ether oxygens (including phenoxy) is 1. The summed E-state index contributed by atoms with van der Waals surface area (Å²) in [6.45, 7) is 3.35. The summed E-state index contributed by atoms with van der Waals surface area (Å²) in [4.78, 5) is 30.0. The molecule has 2 bridgehead atoms. The van der Waals surface area contributed by atoms with Crippen molar-refractivity contribution >= 4 is 11.8 Å². The summed E-state index contributed by atoms with van der Waals surface area (Å²) >= 11 is 0. The van der Waals surface area contributed by atoms with Crippen LogP contribution < -0.4 is 0 Å². The van der Waals surface area contributed by atoms with Crippen LogP contribution in [-0.4, -0.2) is 52.1 Å². The molecule has 3 aliphatic rings. The van der Waals surface area contributed by atoms with Crippen molar-refractivity contribution in [3.05, 3.63) is 65.6 Å². The second-order valence-electron chi connectivity index (χ2n) is 8.26. The second kappa shape index (κ2) is 6.56. The average Bonchev–Trinajstić information content (AvgIpc) is 3.45. The minimum Gasteiger partial charge on any atom is -0.360 e. The van der Waals surface area contributed by atoms with Gasteiger partial charge < -0.3 is 19.1 Å². The molecule has 2 aromatic rings. The molecule has 2 fully saturated rings. The van der Waals surface area contributed by atoms with E-state index in [0.29, 0.717) is 25.4 Å². The largest absolute Gasteiger partial charge is 0.360 e. The first-order chi connectivity index (χ1) is 14.0. The summed E-state index contributed by atoms with van der Waals surface area (Å²) in [5.41, 5.74) is 1.55. The highest BCUT2D eigenvalue weighted by atomic mass is 16.5. The third-order valence-electron chi connectivity index (χ3n) is 6.18. The SMILES string of the molecule is Cc1cccc(CN2C[C@]34C=C[C@H](O3)[C@@H](C(=O)N(C)Cc3ccno3)[C@H]4C2=O)c1. The monoisotopic (exact) mass is 393 g/mol. The Morgan fingerprint density at radius 3 is 3.00 bits per heavy atom. The number of benzene rings is 1. The van der Waals surface area contributed by atoms with Gasteiger partial charge >= 0.3 is 0 Å². The van der Waals surface area contributed by atoms with Gasteiger partial charge in [0.25, 0.3) is 0 Å². The first-order valence-electron chi connectivity index (χ1n) is 9.83. The van der Waals surface area contributed by atoms with Gasteiger partial charge in [0, 0.05) is 19.7 Å². The fraction of sp³-hybridized carbons (Fsp3) is 0.409. The molecule has 7 nitrogen and oxygen atoms in total. The average molecular weight is 393 g/mol. The van der Waals surface area contributed by atoms with Gasteiger partial charge in [0.2, 0.25) is 11.8 Å². The number of carbonyl (C=O) groups excluding carboxylic acids is 2. The Morgan fingerprint density at radius 1 is 1.38 bits per heavy atom. The predicted octanol–water partition coefficient (Wildman–Crippen LogP) is 1.92. The smallest absolute Gasteiger partial charge is 0.230 e. The maximum Gasteiger partial charge on any atom is 0.230 e. The van der Waals surface area contributed by atoms with Crippen LogP contribution in [0.3, 0.4) is 0 Å². The van der Waals surface area contributed by atoms with E-state index in [-0.39, 0.29) is 17.9 Å². The molecule has 29 heavy (non-hydrogen) atoms. The molecule has 4 heterocycles. The van der Waals surface area contributed by atoms with E-state index in [0.717, 1.165) is 11.1 Å². The lowest BCUT2D eigenvalue weighted by Gasteiger charge is -2.27. The van der Waals surface area contributed by atoms with Crippen LogP contribution in [0.2, 0.25) is 0 Å². The molecule has 0 N–H and O–H groups in total. The lowest BCUT2D eigenvalue weighted by molar-refractivity contribution is -0.143. The number of aryl methyl sites for hydroxylation is 1. The van der Waals surface area contributed by atoms with Gasteiger partial charge in [-0.25, -0.2) is 0 Å². The Morgan fingerprint density at radius 2 is 2.24 bits per heavy atom. The number of carbonyl (C=O) groups is 2. The number of fused-ring (bicyclic) bond motifs is 1. The zero-order chi connectivity index (χ0) is 20.2. The third kappa shape index (κ3) is 2.88. The first kappa shape index (κ1) is 18.1. The van der Waals surface area contributed by atoms with Crippen LogP contribution >= 0.6 is 0 Å². The topological polar surface area (TPSA) is 75.9 Å². The maximum absolute atomic E-state index is 13.3. The lowest BCUT2D eigenvalue weighted by Crippen LogP contribution is -2.44. The van der Waals surface area contributed by atoms with Crippen molar-refractivity contribution in [1.29, 1.82) is 0 Å². The quantitative estimate of drug-likeness (QED) is 0.726. The van der Waals surface area contributed by atoms with Gasteiger partial charge in [0.1, 0.15) is 5.60 Å². The molecule has 0 radical (unpaired) electrons. The molecule has 150 valence electrons. The van der Waals surface area contributed by atoms with Crippen molar-refractivity contribution in [2.45, 2.75) is 31.7 Å². The molecule has 3 aliphatic heterocycles. The van der Waals surface area contributed by atoms with Crippen molar-refractivity contribution < 1.29 is 18.8 Å². The van der Waals surface area contributed by atoms with E-state index in [1.807, 2.05) is 42.2 Å². The van der Waals surface area contributed by atoms with Gasteiger partial charge in [0.05, 0.1) is 37.2 Å². The van der Waals surface area contributed by atoms with Gasteiger partial charge in [-0.05, 0) is 12.5 Å². The fourth-order valence-corrected chi connectivity index (χ4v) is 4.91. The predicted molar refractivity (Wildman–Crippen MR) is 103 cm³/mol. The highest BCUT2D eigenvalue weighted by Crippen LogP contribution is 2.52. The molecule has 0 saturated carbocycles. The Hall–Kier alpha value is -2.93. The first-order valence-corrected chi connectivity index (χ1v) is 9.83. The van der Waals surface area contributed by atoms with E-state index >= 15 is 0 Å². The third-order valence-corrected chi connectivity index (χ3v) is 6.18. The van der Waals surface area contributed by atoms with Crippen molar-refractivity contribution in [3.63, 3.8) is 0 Å². The van der Waals surface area contributed by atoms with Crippen LogP contribution in [0, 0.1) is 18.8 Å². The summed E-state index contributed by atoms with van der Waals surface area (Å²) in [6, 6.07) is 9.87. The number of likely N-dealkylation sites (tertiary alicyclic amines) is 1. The Kier molecular flexibility index (Phi) is 4.10. The van der Waals surface area contributed by atoms with E-state index in [2.05, 4.69) is 11.2 Å². The zero-order valence-corrected chi connectivity index (χ0v) is 16.4. The van der Waals surface area contributed by atoms with Gasteiger partial charge in [-0.2, -0.15) is 0 Å². The van der Waals surface area contributed by atoms with E-state index in [4.69, 9.17) is 9.26 Å². The van der Waals surface area contributed by atoms with Crippen LogP contribution in [0.4, 0.5) is 0 Å². The minimum atomic E-state index is -0.695. The molecular weight excluding hydrogens is 370 g/mol. The number of aromatic nitrogens is 1. The van der Waals surface area contributed by atoms with E-state index in [9.17, 15) is 9.59 Å². The van der Waals surface area contributed by atoms with Crippen molar-refractivity contribution in [2.75, 3.05) is 13.6 Å². The molecule has 5 rings (SSSR count). The Balaban J connectivity index is 1.37. The van der Waals surface area contributed by atoms with E-state index < -0.39 is 17.4 Å². The Bertz CT molecular complexity index is 986. The van der Waals surface area contributed by atoms with Gasteiger partial charge in [-0.3, -0.25) is 9.59 Å². The van der Waals surface area contributed by atoms with Crippen LogP contribution in [0.15, 0.2) is 53.2 Å². The molecule has 0 unspecified atom stereocenters. The van der Waals surface area contributed by atoms with Gasteiger partial charge in [-0.1, -0.05) is 47.1 Å². The van der Waals surface area contributed by atoms with E-state index in [1.165, 1.54) is 0 Å². The number of nitrogens with zero attached hydrogens (tertiary/aromatic N) is 3. The van der Waals surface area contributed by atoms with Crippen molar-refractivity contribution in [2.24, 2.45) is 11.8 Å². The zero-order valence-electron chi connectivity index (χ0n) is 16.4. The summed E-state index contributed by atoms with van der Waals surface area (Å²) in [6.07, 6.45) is 5.12. The Labute approximate surface area is 168 Å². The summed E-state index contributed by atoms with van der Waals surface area (Å²) in [5.74, 6) is -0.498. The van der Waals surface area contributed by atoms with E-state index in [1.54, 1.807) is 24.2 Å². The number of hydrogen-bond donors (Lipinski definition) is 0. The lowest BCUT2D eigenvalue weighted by atomic mass is 9.76. The van der Waals surface area contributed by atoms with Crippen LogP contribution in [0.1, 0.15) is 16.9 Å². The van der Waals surface area contributed by atoms with Crippen molar-refractivity contribution in [1.82, 2.24) is 15.0 Å². The molecular formula is C22H23N3O4. The highest BCUT2D eigenvalue weighted by molar-refractivity contribution is 5.93. The van der Waals surface area contributed by atoms with Crippen LogP contribution in [-0.2, 0) is 27.4 Å². The van der Waals surface area contributed by atoms with Crippen molar-refractivity contribution in [3.8, 4) is 0 Å². The summed E-state index contributed by atoms with van der Waals surface area (Å²) in [5, 5.41) is 3.68. The number of hydrogen-bond acceptors (Lipinski definition) is 5. The molecule has 0 aliphatic carbocycles. The molecule has 2 saturated heterocycles. The number of amides is 2. The summed E-state index contributed by atoms with van der Waals surface area (Å²) in [7, 11) is 1.72. The van der Waals surface area contributed by atoms with Gasteiger partial charge in [-0.15, -0.1) is 0 Å². The summed E-state index contributed by atoms with van der Waals surface area (Å²) < 4.78 is 11.3. The molecule has 1 aromatic carbocycles. The fourth-order valence-electron chi connectivity index (χ4n) is 4.91. The standard InChI is InChI=1S/C22H23N3O4/c1-14-4-3-5-15(10-14)11-25-13-22-8-6-17(28-22)18(19(22)21(25)27)20(26)24(2)12-16-7-9-23-29-16/h3-10,17-19H,11-13H2,1-2H3/t17-,18+,19-,22-/m0/s1. The number of rotatable bonds is 5. The molecule has 4 atom stereocenters. The maximum atomic E-state index is 13.3. The molecule has 1 spiro atoms. The van der Waals surface area contributed by atoms with Gasteiger partial charge in [0.15, 0.2) is 5.76 Å². The molecule has 1 aromatic heterocycles. The van der Waals surface area contributed by atoms with Crippen LogP contribution in [0.5, 0.6) is 0 Å². The van der Waals surface area contributed by atoms with Crippen LogP contribution in [0.25, 0.3) is 0 Å². The second-order valence-corrected chi connectivity index (χ2v) is 8.26.